The lowest BCUT2D eigenvalue weighted by Crippen LogP contribution is -1.95. The zero-order chi connectivity index (χ0) is 56.4. The van der Waals surface area contributed by atoms with Gasteiger partial charge in [-0.3, -0.25) is 0 Å². The molecule has 18 aromatic rings. The monoisotopic (exact) mass is 1090 g/mol. The minimum absolute atomic E-state index is 1.13. The maximum atomic E-state index is 2.45. The lowest BCUT2D eigenvalue weighted by atomic mass is 10.00. The van der Waals surface area contributed by atoms with Gasteiger partial charge in [-0.05, 0) is 152 Å². The number of nitrogens with zero attached hydrogens (tertiary/aromatic N) is 4. The standard InChI is InChI=1S/C82H52N4/c1-2-15-53(16-3-1)55-33-35-60(36-34-55)62-19-14-20-65(47-62)85-77-27-12-8-23-69(77)73-49-79-71(51-81(73)85)67-21-6-10-25-75(67)83(79)63-42-37-58(38-43-63)56-29-31-57(32-30-56)59-39-44-64(45-40-59)84-76-26-11-7-22-68(76)72-52-82-74(50-80(72)84)70-24-9-13-28-78(70)86(82)66-46-41-54-17-4-5-18-61(54)48-66/h1-52H. The Morgan fingerprint density at radius 2 is 0.430 bits per heavy atom. The fraction of sp³-hybridized carbons (Fsp3) is 0. The molecule has 4 aromatic heterocycles. The van der Waals surface area contributed by atoms with E-state index in [1.807, 2.05) is 0 Å². The second kappa shape index (κ2) is 19.0. The van der Waals surface area contributed by atoms with Gasteiger partial charge in [0.05, 0.1) is 44.1 Å². The van der Waals surface area contributed by atoms with E-state index in [0.717, 1.165) is 17.1 Å². The van der Waals surface area contributed by atoms with Crippen LogP contribution in [0.4, 0.5) is 0 Å². The van der Waals surface area contributed by atoms with Crippen LogP contribution >= 0.6 is 0 Å². The van der Waals surface area contributed by atoms with Crippen molar-refractivity contribution < 1.29 is 0 Å². The summed E-state index contributed by atoms with van der Waals surface area (Å²) in [6.45, 7) is 0. The van der Waals surface area contributed by atoms with E-state index in [1.165, 1.54) is 148 Å². The van der Waals surface area contributed by atoms with Crippen molar-refractivity contribution in [1.82, 2.24) is 18.3 Å². The Morgan fingerprint density at radius 3 is 0.849 bits per heavy atom. The molecule has 18 rings (SSSR count). The van der Waals surface area contributed by atoms with Gasteiger partial charge in [-0.2, -0.15) is 0 Å². The van der Waals surface area contributed by atoms with Crippen LogP contribution in [-0.4, -0.2) is 18.3 Å². The van der Waals surface area contributed by atoms with E-state index in [2.05, 4.69) is 334 Å². The number of benzene rings is 14. The van der Waals surface area contributed by atoms with Crippen molar-refractivity contribution in [3.05, 3.63) is 315 Å². The first-order valence-corrected chi connectivity index (χ1v) is 29.6. The summed E-state index contributed by atoms with van der Waals surface area (Å²) in [7, 11) is 0. The third-order valence-corrected chi connectivity index (χ3v) is 18.2. The molecule has 4 heteroatoms. The molecule has 0 bridgehead atoms. The van der Waals surface area contributed by atoms with Crippen molar-refractivity contribution in [3.8, 4) is 67.3 Å². The fourth-order valence-corrected chi connectivity index (χ4v) is 14.1. The van der Waals surface area contributed by atoms with E-state index in [1.54, 1.807) is 0 Å². The van der Waals surface area contributed by atoms with Gasteiger partial charge in [0.25, 0.3) is 0 Å². The Kier molecular flexibility index (Phi) is 10.7. The largest absolute Gasteiger partial charge is 0.309 e. The molecule has 4 nitrogen and oxygen atoms in total. The van der Waals surface area contributed by atoms with E-state index in [4.69, 9.17) is 0 Å². The SMILES string of the molecule is c1ccc(-c2ccc(-c3cccc(-n4c5ccccc5c5cc6c(cc54)c4ccccc4n6-c4ccc(-c5ccc(-c6ccc(-n7c8ccccc8c8cc9c(cc87)c7ccccc7n9-c7ccc8ccccc8c7)cc6)cc5)cc4)c3)cc2)cc1. The molecular formula is C82H52N4. The van der Waals surface area contributed by atoms with Gasteiger partial charge in [0.2, 0.25) is 0 Å². The molecule has 0 aliphatic carbocycles. The number of hydrogen-bond donors (Lipinski definition) is 0. The lowest BCUT2D eigenvalue weighted by molar-refractivity contribution is 1.17. The predicted octanol–water partition coefficient (Wildman–Crippen LogP) is 21.9. The molecule has 400 valence electrons. The number of fused-ring (bicyclic) bond motifs is 13. The predicted molar refractivity (Wildman–Crippen MR) is 363 cm³/mol. The molecule has 0 saturated carbocycles. The fourth-order valence-electron chi connectivity index (χ4n) is 14.1. The van der Waals surface area contributed by atoms with Crippen LogP contribution in [0.5, 0.6) is 0 Å². The molecule has 0 unspecified atom stereocenters. The van der Waals surface area contributed by atoms with E-state index < -0.39 is 0 Å². The highest BCUT2D eigenvalue weighted by molar-refractivity contribution is 6.21. The molecule has 86 heavy (non-hydrogen) atoms. The van der Waals surface area contributed by atoms with Crippen molar-refractivity contribution in [2.45, 2.75) is 0 Å². The smallest absolute Gasteiger partial charge is 0.0548 e. The number of rotatable bonds is 8. The molecule has 0 radical (unpaired) electrons. The zero-order valence-electron chi connectivity index (χ0n) is 46.8. The van der Waals surface area contributed by atoms with Crippen molar-refractivity contribution in [2.24, 2.45) is 0 Å². The average Bonchev–Trinajstić information content (AvgIpc) is 1.76. The molecular weight excluding hydrogens is 1040 g/mol. The second-order valence-electron chi connectivity index (χ2n) is 22.9. The van der Waals surface area contributed by atoms with Gasteiger partial charge in [-0.1, -0.05) is 218 Å². The zero-order valence-corrected chi connectivity index (χ0v) is 46.8. The summed E-state index contributed by atoms with van der Waals surface area (Å²) in [5.41, 5.74) is 23.7. The molecule has 0 saturated heterocycles. The topological polar surface area (TPSA) is 19.7 Å². The normalized spacial score (nSPS) is 12.0. The van der Waals surface area contributed by atoms with Crippen LogP contribution in [0, 0.1) is 0 Å². The van der Waals surface area contributed by atoms with Crippen LogP contribution in [0.25, 0.3) is 165 Å². The second-order valence-corrected chi connectivity index (χ2v) is 22.9. The summed E-state index contributed by atoms with van der Waals surface area (Å²) in [5.74, 6) is 0. The highest BCUT2D eigenvalue weighted by Crippen LogP contribution is 2.43. The summed E-state index contributed by atoms with van der Waals surface area (Å²) in [5, 5.41) is 12.4. The summed E-state index contributed by atoms with van der Waals surface area (Å²) in [6.07, 6.45) is 0. The molecule has 0 amide bonds. The average molecular weight is 1090 g/mol. The van der Waals surface area contributed by atoms with Gasteiger partial charge in [-0.15, -0.1) is 0 Å². The molecule has 0 N–H and O–H groups in total. The van der Waals surface area contributed by atoms with E-state index in [9.17, 15) is 0 Å². The molecule has 0 aliphatic rings. The molecule has 0 atom stereocenters. The highest BCUT2D eigenvalue weighted by Gasteiger charge is 2.21. The van der Waals surface area contributed by atoms with Crippen LogP contribution in [0.2, 0.25) is 0 Å². The Morgan fingerprint density at radius 1 is 0.140 bits per heavy atom. The minimum atomic E-state index is 1.13. The Labute approximate surface area is 496 Å². The Balaban J connectivity index is 0.663. The first kappa shape index (κ1) is 48.1. The van der Waals surface area contributed by atoms with Gasteiger partial charge in [-0.25, -0.2) is 0 Å². The molecule has 0 spiro atoms. The molecule has 0 aliphatic heterocycles. The summed E-state index contributed by atoms with van der Waals surface area (Å²) < 4.78 is 9.77. The number of aromatic nitrogens is 4. The maximum Gasteiger partial charge on any atom is 0.0548 e. The third kappa shape index (κ3) is 7.50. The summed E-state index contributed by atoms with van der Waals surface area (Å²) >= 11 is 0. The Hall–Kier alpha value is -11.5. The third-order valence-electron chi connectivity index (χ3n) is 18.2. The number of para-hydroxylation sites is 4. The quantitative estimate of drug-likeness (QED) is 0.145. The summed E-state index contributed by atoms with van der Waals surface area (Å²) in [4.78, 5) is 0. The van der Waals surface area contributed by atoms with E-state index >= 15 is 0 Å². The lowest BCUT2D eigenvalue weighted by Gasteiger charge is -2.12. The van der Waals surface area contributed by atoms with Crippen molar-refractivity contribution >= 4 is 98.0 Å². The maximum absolute atomic E-state index is 2.45. The van der Waals surface area contributed by atoms with Gasteiger partial charge in [0.1, 0.15) is 0 Å². The molecule has 4 heterocycles. The Bertz CT molecular complexity index is 5720. The van der Waals surface area contributed by atoms with Gasteiger partial charge >= 0.3 is 0 Å². The van der Waals surface area contributed by atoms with Gasteiger partial charge in [0.15, 0.2) is 0 Å². The van der Waals surface area contributed by atoms with Gasteiger partial charge in [0, 0.05) is 65.8 Å². The van der Waals surface area contributed by atoms with Crippen LogP contribution in [0.15, 0.2) is 315 Å². The van der Waals surface area contributed by atoms with Crippen LogP contribution in [0.3, 0.4) is 0 Å². The summed E-state index contributed by atoms with van der Waals surface area (Å²) in [6, 6.07) is 116. The van der Waals surface area contributed by atoms with Crippen LogP contribution < -0.4 is 0 Å². The van der Waals surface area contributed by atoms with Crippen LogP contribution in [-0.2, 0) is 0 Å². The minimum Gasteiger partial charge on any atom is -0.309 e. The van der Waals surface area contributed by atoms with E-state index in [0.29, 0.717) is 0 Å². The molecule has 0 fully saturated rings. The first-order chi connectivity index (χ1) is 42.6. The van der Waals surface area contributed by atoms with E-state index in [-0.39, 0.29) is 0 Å². The van der Waals surface area contributed by atoms with Crippen LogP contribution in [0.1, 0.15) is 0 Å². The van der Waals surface area contributed by atoms with Crippen molar-refractivity contribution in [3.63, 3.8) is 0 Å². The molecule has 14 aromatic carbocycles. The number of hydrogen-bond acceptors (Lipinski definition) is 0. The van der Waals surface area contributed by atoms with Crippen molar-refractivity contribution in [1.29, 1.82) is 0 Å². The highest BCUT2D eigenvalue weighted by atomic mass is 15.0. The first-order valence-electron chi connectivity index (χ1n) is 29.6. The van der Waals surface area contributed by atoms with Crippen molar-refractivity contribution in [2.75, 3.05) is 0 Å². The van der Waals surface area contributed by atoms with Gasteiger partial charge < -0.3 is 18.3 Å².